The lowest BCUT2D eigenvalue weighted by Crippen LogP contribution is -2.51. The van der Waals surface area contributed by atoms with Gasteiger partial charge in [0, 0.05) is 43.5 Å². The van der Waals surface area contributed by atoms with Gasteiger partial charge in [-0.25, -0.2) is 0 Å². The number of hydrogen-bond donors (Lipinski definition) is 1. The van der Waals surface area contributed by atoms with Crippen LogP contribution in [0.15, 0.2) is 24.3 Å². The first kappa shape index (κ1) is 21.6. The molecule has 1 heterocycles. The van der Waals surface area contributed by atoms with Crippen LogP contribution in [0.5, 0.6) is 0 Å². The van der Waals surface area contributed by atoms with Crippen LogP contribution in [0.4, 0.5) is 18.9 Å². The van der Waals surface area contributed by atoms with Gasteiger partial charge in [-0.2, -0.15) is 13.2 Å². The molecule has 2 atom stereocenters. The monoisotopic (exact) mass is 411 g/mol. The molecule has 1 aliphatic carbocycles. The molecule has 2 unspecified atom stereocenters. The van der Waals surface area contributed by atoms with Crippen molar-refractivity contribution in [2.24, 2.45) is 5.92 Å². The van der Waals surface area contributed by atoms with Crippen LogP contribution in [0.2, 0.25) is 0 Å². The summed E-state index contributed by atoms with van der Waals surface area (Å²) >= 11 is 0. The van der Waals surface area contributed by atoms with Gasteiger partial charge in [0.15, 0.2) is 5.78 Å². The minimum absolute atomic E-state index is 0.0146. The summed E-state index contributed by atoms with van der Waals surface area (Å²) in [5.41, 5.74) is 1.72. The largest absolute Gasteiger partial charge is 0.391 e. The van der Waals surface area contributed by atoms with Crippen molar-refractivity contribution in [3.05, 3.63) is 29.8 Å². The molecule has 1 saturated heterocycles. The van der Waals surface area contributed by atoms with Crippen LogP contribution in [0.1, 0.15) is 43.0 Å². The average Bonchev–Trinajstić information content (AvgIpc) is 2.68. The van der Waals surface area contributed by atoms with Gasteiger partial charge in [0.2, 0.25) is 5.91 Å². The second-order valence-electron chi connectivity index (χ2n) is 8.04. The van der Waals surface area contributed by atoms with E-state index in [1.807, 2.05) is 29.2 Å². The summed E-state index contributed by atoms with van der Waals surface area (Å²) in [6.45, 7) is 4.67. The third kappa shape index (κ3) is 5.95. The van der Waals surface area contributed by atoms with E-state index in [-0.39, 0.29) is 37.1 Å². The maximum absolute atomic E-state index is 12.9. The fourth-order valence-electron chi connectivity index (χ4n) is 4.17. The number of rotatable bonds is 5. The van der Waals surface area contributed by atoms with E-state index in [9.17, 15) is 22.8 Å². The molecule has 1 aliphatic heterocycles. The highest BCUT2D eigenvalue weighted by Crippen LogP contribution is 2.37. The molecule has 1 saturated carbocycles. The number of piperazine rings is 1. The van der Waals surface area contributed by atoms with Crippen molar-refractivity contribution in [3.8, 4) is 0 Å². The Morgan fingerprint density at radius 2 is 1.72 bits per heavy atom. The molecule has 5 nitrogen and oxygen atoms in total. The number of anilines is 1. The zero-order valence-corrected chi connectivity index (χ0v) is 16.7. The Balaban J connectivity index is 1.43. The van der Waals surface area contributed by atoms with Crippen LogP contribution < -0.4 is 10.2 Å². The summed E-state index contributed by atoms with van der Waals surface area (Å²) in [7, 11) is 0. The number of amides is 1. The Morgan fingerprint density at radius 3 is 2.31 bits per heavy atom. The molecule has 1 N–H and O–H groups in total. The lowest BCUT2D eigenvalue weighted by atomic mass is 9.85. The standard InChI is InChI=1S/C21H28F3N3O2/c1-15(28)16-5-7-19(8-6-16)27-11-9-26(10-12-27)14-20(29)25-18-4-2-3-17(13-18)21(22,23)24/h5-8,17-18H,2-4,9-14H2,1H3,(H,25,29). The van der Waals surface area contributed by atoms with Crippen molar-refractivity contribution in [1.82, 2.24) is 10.2 Å². The Labute approximate surface area is 169 Å². The third-order valence-electron chi connectivity index (χ3n) is 5.88. The molecule has 0 spiro atoms. The van der Waals surface area contributed by atoms with Gasteiger partial charge in [0.1, 0.15) is 0 Å². The number of halogens is 3. The van der Waals surface area contributed by atoms with Crippen LogP contribution in [0, 0.1) is 5.92 Å². The molecular weight excluding hydrogens is 383 g/mol. The minimum Gasteiger partial charge on any atom is -0.369 e. The van der Waals surface area contributed by atoms with Crippen molar-refractivity contribution in [1.29, 1.82) is 0 Å². The molecule has 3 rings (SSSR count). The number of hydrogen-bond acceptors (Lipinski definition) is 4. The van der Waals surface area contributed by atoms with Crippen molar-refractivity contribution in [3.63, 3.8) is 0 Å². The molecule has 8 heteroatoms. The van der Waals surface area contributed by atoms with Crippen LogP contribution >= 0.6 is 0 Å². The van der Waals surface area contributed by atoms with Gasteiger partial charge in [0.05, 0.1) is 12.5 Å². The van der Waals surface area contributed by atoms with Gasteiger partial charge in [0.25, 0.3) is 0 Å². The maximum Gasteiger partial charge on any atom is 0.391 e. The van der Waals surface area contributed by atoms with Gasteiger partial charge in [-0.15, -0.1) is 0 Å². The Hall–Kier alpha value is -2.09. The first-order valence-electron chi connectivity index (χ1n) is 10.2. The highest BCUT2D eigenvalue weighted by Gasteiger charge is 2.42. The number of alkyl halides is 3. The first-order chi connectivity index (χ1) is 13.7. The van der Waals surface area contributed by atoms with Gasteiger partial charge >= 0.3 is 6.18 Å². The highest BCUT2D eigenvalue weighted by molar-refractivity contribution is 5.94. The Kier molecular flexibility index (Phi) is 6.82. The van der Waals surface area contributed by atoms with Gasteiger partial charge < -0.3 is 10.2 Å². The summed E-state index contributed by atoms with van der Waals surface area (Å²) in [6.07, 6.45) is -2.93. The molecule has 0 bridgehead atoms. The smallest absolute Gasteiger partial charge is 0.369 e. The number of Topliss-reactive ketones (excluding diaryl/α,β-unsaturated/α-hetero) is 1. The summed E-state index contributed by atoms with van der Waals surface area (Å²) in [5, 5.41) is 2.80. The second-order valence-corrected chi connectivity index (χ2v) is 8.04. The van der Waals surface area contributed by atoms with Crippen LogP contribution in [-0.4, -0.2) is 61.5 Å². The Bertz CT molecular complexity index is 713. The lowest BCUT2D eigenvalue weighted by molar-refractivity contribution is -0.184. The summed E-state index contributed by atoms with van der Waals surface area (Å²) in [4.78, 5) is 27.9. The minimum atomic E-state index is -4.18. The molecular formula is C21H28F3N3O2. The molecule has 0 aromatic heterocycles. The van der Waals surface area contributed by atoms with E-state index in [2.05, 4.69) is 10.2 Å². The average molecular weight is 411 g/mol. The molecule has 2 aliphatic rings. The second kappa shape index (κ2) is 9.15. The SMILES string of the molecule is CC(=O)c1ccc(N2CCN(CC(=O)NC3CCCC(C(F)(F)F)C3)CC2)cc1. The van der Waals surface area contributed by atoms with E-state index in [0.29, 0.717) is 31.5 Å². The van der Waals surface area contributed by atoms with E-state index in [1.54, 1.807) is 0 Å². The Morgan fingerprint density at radius 1 is 1.07 bits per heavy atom. The predicted octanol–water partition coefficient (Wildman–Crippen LogP) is 3.25. The van der Waals surface area contributed by atoms with E-state index < -0.39 is 12.1 Å². The number of nitrogens with one attached hydrogen (secondary N) is 1. The van der Waals surface area contributed by atoms with Crippen LogP contribution in [-0.2, 0) is 4.79 Å². The normalized spacial score (nSPS) is 23.7. The summed E-state index contributed by atoms with van der Waals surface area (Å²) < 4.78 is 38.8. The molecule has 1 amide bonds. The number of ketones is 1. The maximum atomic E-state index is 12.9. The third-order valence-corrected chi connectivity index (χ3v) is 5.88. The highest BCUT2D eigenvalue weighted by atomic mass is 19.4. The van der Waals surface area contributed by atoms with E-state index in [1.165, 1.54) is 6.92 Å². The molecule has 1 aromatic rings. The fraction of sp³-hybridized carbons (Fsp3) is 0.619. The number of carbonyl (C=O) groups excluding carboxylic acids is 2. The molecule has 2 fully saturated rings. The number of nitrogens with zero attached hydrogens (tertiary/aromatic N) is 2. The number of carbonyl (C=O) groups is 2. The van der Waals surface area contributed by atoms with Crippen molar-refractivity contribution in [2.45, 2.75) is 44.8 Å². The number of benzene rings is 1. The quantitative estimate of drug-likeness (QED) is 0.756. The van der Waals surface area contributed by atoms with Gasteiger partial charge in [-0.1, -0.05) is 6.42 Å². The molecule has 0 radical (unpaired) electrons. The van der Waals surface area contributed by atoms with Crippen molar-refractivity contribution < 1.29 is 22.8 Å². The fourth-order valence-corrected chi connectivity index (χ4v) is 4.17. The van der Waals surface area contributed by atoms with Gasteiger partial charge in [-0.3, -0.25) is 14.5 Å². The zero-order chi connectivity index (χ0) is 21.0. The topological polar surface area (TPSA) is 52.7 Å². The first-order valence-corrected chi connectivity index (χ1v) is 10.2. The molecule has 29 heavy (non-hydrogen) atoms. The van der Waals surface area contributed by atoms with Crippen molar-refractivity contribution in [2.75, 3.05) is 37.6 Å². The van der Waals surface area contributed by atoms with Crippen molar-refractivity contribution >= 4 is 17.4 Å². The molecule has 160 valence electrons. The van der Waals surface area contributed by atoms with Crippen LogP contribution in [0.3, 0.4) is 0 Å². The van der Waals surface area contributed by atoms with E-state index in [0.717, 1.165) is 18.8 Å². The van der Waals surface area contributed by atoms with Gasteiger partial charge in [-0.05, 0) is 50.5 Å². The predicted molar refractivity (Wildman–Crippen MR) is 105 cm³/mol. The molecule has 1 aromatic carbocycles. The van der Waals surface area contributed by atoms with Crippen LogP contribution in [0.25, 0.3) is 0 Å². The van der Waals surface area contributed by atoms with E-state index >= 15 is 0 Å². The summed E-state index contributed by atoms with van der Waals surface area (Å²) in [5.74, 6) is -1.47. The lowest BCUT2D eigenvalue weighted by Gasteiger charge is -2.36. The van der Waals surface area contributed by atoms with E-state index in [4.69, 9.17) is 0 Å². The summed E-state index contributed by atoms with van der Waals surface area (Å²) in [6, 6.07) is 7.11. The zero-order valence-electron chi connectivity index (χ0n) is 16.7.